The SMILES string of the molecule is Cc1[nH]c2ccccc2c1C(=O)[C@@H](C)OC(=O)COc1ccc(F)cc1. The summed E-state index contributed by atoms with van der Waals surface area (Å²) in [6.07, 6.45) is -0.947. The first kappa shape index (κ1) is 17.7. The lowest BCUT2D eigenvalue weighted by Crippen LogP contribution is -2.27. The van der Waals surface area contributed by atoms with Crippen LogP contribution in [0.1, 0.15) is 23.0 Å². The zero-order chi connectivity index (χ0) is 18.7. The molecular formula is C20H18FNO4. The molecule has 0 amide bonds. The summed E-state index contributed by atoms with van der Waals surface area (Å²) in [6, 6.07) is 12.7. The van der Waals surface area contributed by atoms with E-state index in [1.54, 1.807) is 6.92 Å². The molecule has 0 saturated carbocycles. The predicted octanol–water partition coefficient (Wildman–Crippen LogP) is 3.81. The Bertz CT molecular complexity index is 946. The second-order valence-corrected chi connectivity index (χ2v) is 5.91. The topological polar surface area (TPSA) is 68.4 Å². The first-order chi connectivity index (χ1) is 12.5. The number of aromatic nitrogens is 1. The number of benzene rings is 2. The number of esters is 1. The minimum Gasteiger partial charge on any atom is -0.482 e. The molecule has 0 fully saturated rings. The number of hydrogen-bond donors (Lipinski definition) is 1. The van der Waals surface area contributed by atoms with Crippen LogP contribution in [-0.2, 0) is 9.53 Å². The molecule has 6 heteroatoms. The van der Waals surface area contributed by atoms with E-state index in [-0.39, 0.29) is 12.4 Å². The van der Waals surface area contributed by atoms with Gasteiger partial charge in [-0.2, -0.15) is 0 Å². The maximum Gasteiger partial charge on any atom is 0.344 e. The lowest BCUT2D eigenvalue weighted by molar-refractivity contribution is -0.148. The summed E-state index contributed by atoms with van der Waals surface area (Å²) in [4.78, 5) is 27.8. The van der Waals surface area contributed by atoms with Crippen molar-refractivity contribution < 1.29 is 23.5 Å². The average molecular weight is 355 g/mol. The second kappa shape index (κ2) is 7.39. The van der Waals surface area contributed by atoms with Crippen LogP contribution in [0.3, 0.4) is 0 Å². The Morgan fingerprint density at radius 1 is 1.12 bits per heavy atom. The number of rotatable bonds is 6. The van der Waals surface area contributed by atoms with Gasteiger partial charge in [0.05, 0.1) is 0 Å². The molecule has 0 aliphatic carbocycles. The number of carbonyl (C=O) groups excluding carboxylic acids is 2. The number of carbonyl (C=O) groups is 2. The normalized spacial score (nSPS) is 12.0. The smallest absolute Gasteiger partial charge is 0.344 e. The van der Waals surface area contributed by atoms with Crippen LogP contribution < -0.4 is 4.74 Å². The zero-order valence-electron chi connectivity index (χ0n) is 14.4. The fourth-order valence-corrected chi connectivity index (χ4v) is 2.76. The number of halogens is 1. The third kappa shape index (κ3) is 3.74. The Hall–Kier alpha value is -3.15. The van der Waals surface area contributed by atoms with Gasteiger partial charge in [0.25, 0.3) is 0 Å². The Balaban J connectivity index is 1.64. The molecule has 0 radical (unpaired) electrons. The highest BCUT2D eigenvalue weighted by molar-refractivity contribution is 6.11. The highest BCUT2D eigenvalue weighted by Gasteiger charge is 2.24. The number of aromatic amines is 1. The van der Waals surface area contributed by atoms with Crippen molar-refractivity contribution in [2.75, 3.05) is 6.61 Å². The zero-order valence-corrected chi connectivity index (χ0v) is 14.4. The van der Waals surface area contributed by atoms with Gasteiger partial charge in [0.1, 0.15) is 11.6 Å². The second-order valence-electron chi connectivity index (χ2n) is 5.91. The third-order valence-corrected chi connectivity index (χ3v) is 3.99. The summed E-state index contributed by atoms with van der Waals surface area (Å²) < 4.78 is 23.3. The first-order valence-electron chi connectivity index (χ1n) is 8.15. The molecule has 0 spiro atoms. The molecule has 0 aliphatic rings. The number of fused-ring (bicyclic) bond motifs is 1. The van der Waals surface area contributed by atoms with Gasteiger partial charge < -0.3 is 14.5 Å². The van der Waals surface area contributed by atoms with E-state index < -0.39 is 17.9 Å². The number of hydrogen-bond acceptors (Lipinski definition) is 4. The van der Waals surface area contributed by atoms with E-state index in [0.717, 1.165) is 16.6 Å². The van der Waals surface area contributed by atoms with Crippen molar-refractivity contribution >= 4 is 22.7 Å². The summed E-state index contributed by atoms with van der Waals surface area (Å²) >= 11 is 0. The summed E-state index contributed by atoms with van der Waals surface area (Å²) in [5.74, 6) is -1.01. The monoisotopic (exact) mass is 355 g/mol. The fraction of sp³-hybridized carbons (Fsp3) is 0.200. The summed E-state index contributed by atoms with van der Waals surface area (Å²) in [7, 11) is 0. The maximum atomic E-state index is 12.8. The van der Waals surface area contributed by atoms with Crippen LogP contribution in [0.4, 0.5) is 4.39 Å². The molecule has 5 nitrogen and oxygen atoms in total. The Morgan fingerprint density at radius 2 is 1.81 bits per heavy atom. The van der Waals surface area contributed by atoms with Crippen molar-refractivity contribution in [2.45, 2.75) is 20.0 Å². The molecular weight excluding hydrogens is 337 g/mol. The standard InChI is InChI=1S/C20H18FNO4/c1-12-19(16-5-3-4-6-17(16)22-12)20(24)13(2)26-18(23)11-25-15-9-7-14(21)8-10-15/h3-10,13,22H,11H2,1-2H3/t13-/m1/s1. The number of Topliss-reactive ketones (excluding diaryl/α,β-unsaturated/α-hetero) is 1. The van der Waals surface area contributed by atoms with E-state index in [0.29, 0.717) is 11.3 Å². The maximum absolute atomic E-state index is 12.8. The molecule has 3 rings (SSSR count). The van der Waals surface area contributed by atoms with E-state index in [1.165, 1.54) is 31.2 Å². The van der Waals surface area contributed by atoms with Crippen molar-refractivity contribution in [3.05, 3.63) is 65.6 Å². The lowest BCUT2D eigenvalue weighted by Gasteiger charge is -2.13. The van der Waals surface area contributed by atoms with Gasteiger partial charge in [0, 0.05) is 22.2 Å². The number of aryl methyl sites for hydroxylation is 1. The Kier molecular flexibility index (Phi) is 5.02. The molecule has 1 N–H and O–H groups in total. The minimum absolute atomic E-state index is 0.282. The van der Waals surface area contributed by atoms with Crippen molar-refractivity contribution in [1.82, 2.24) is 4.98 Å². The molecule has 3 aromatic rings. The number of ether oxygens (including phenoxy) is 2. The van der Waals surface area contributed by atoms with Crippen LogP contribution >= 0.6 is 0 Å². The van der Waals surface area contributed by atoms with Crippen molar-refractivity contribution in [1.29, 1.82) is 0 Å². The summed E-state index contributed by atoms with van der Waals surface area (Å²) in [5.41, 5.74) is 2.09. The third-order valence-electron chi connectivity index (χ3n) is 3.99. The first-order valence-corrected chi connectivity index (χ1v) is 8.15. The Labute approximate surface area is 149 Å². The van der Waals surface area contributed by atoms with E-state index >= 15 is 0 Å². The van der Waals surface area contributed by atoms with E-state index in [2.05, 4.69) is 4.98 Å². The van der Waals surface area contributed by atoms with Crippen LogP contribution in [0, 0.1) is 12.7 Å². The van der Waals surface area contributed by atoms with Crippen LogP contribution in [0.15, 0.2) is 48.5 Å². The molecule has 1 atom stereocenters. The Morgan fingerprint density at radius 3 is 2.54 bits per heavy atom. The molecule has 26 heavy (non-hydrogen) atoms. The van der Waals surface area contributed by atoms with Crippen molar-refractivity contribution in [3.63, 3.8) is 0 Å². The van der Waals surface area contributed by atoms with E-state index in [4.69, 9.17) is 9.47 Å². The molecule has 134 valence electrons. The molecule has 0 bridgehead atoms. The number of ketones is 1. The van der Waals surface area contributed by atoms with Gasteiger partial charge in [0.15, 0.2) is 12.7 Å². The average Bonchev–Trinajstić information content (AvgIpc) is 2.96. The van der Waals surface area contributed by atoms with Gasteiger partial charge in [-0.05, 0) is 44.2 Å². The summed E-state index contributed by atoms with van der Waals surface area (Å²) in [6.45, 7) is 2.97. The molecule has 0 aliphatic heterocycles. The molecule has 1 aromatic heterocycles. The summed E-state index contributed by atoms with van der Waals surface area (Å²) in [5, 5.41) is 0.792. The van der Waals surface area contributed by atoms with Gasteiger partial charge in [-0.25, -0.2) is 9.18 Å². The van der Waals surface area contributed by atoms with Crippen LogP contribution in [-0.4, -0.2) is 29.4 Å². The highest BCUT2D eigenvalue weighted by Crippen LogP contribution is 2.23. The quantitative estimate of drug-likeness (QED) is 0.539. The van der Waals surface area contributed by atoms with E-state index in [1.807, 2.05) is 24.3 Å². The number of nitrogens with one attached hydrogen (secondary N) is 1. The fourth-order valence-electron chi connectivity index (χ4n) is 2.76. The van der Waals surface area contributed by atoms with Crippen LogP contribution in [0.25, 0.3) is 10.9 Å². The molecule has 0 unspecified atom stereocenters. The van der Waals surface area contributed by atoms with Gasteiger partial charge in [-0.15, -0.1) is 0 Å². The number of H-pyrrole nitrogens is 1. The largest absolute Gasteiger partial charge is 0.482 e. The van der Waals surface area contributed by atoms with Crippen molar-refractivity contribution in [2.24, 2.45) is 0 Å². The van der Waals surface area contributed by atoms with Crippen LogP contribution in [0.2, 0.25) is 0 Å². The van der Waals surface area contributed by atoms with Gasteiger partial charge in [-0.1, -0.05) is 18.2 Å². The van der Waals surface area contributed by atoms with Crippen molar-refractivity contribution in [3.8, 4) is 5.75 Å². The molecule has 1 heterocycles. The molecule has 2 aromatic carbocycles. The lowest BCUT2D eigenvalue weighted by atomic mass is 10.0. The van der Waals surface area contributed by atoms with Gasteiger partial charge in [0.2, 0.25) is 5.78 Å². The van der Waals surface area contributed by atoms with Gasteiger partial charge >= 0.3 is 5.97 Å². The molecule has 0 saturated heterocycles. The predicted molar refractivity (Wildman–Crippen MR) is 94.8 cm³/mol. The van der Waals surface area contributed by atoms with Gasteiger partial charge in [-0.3, -0.25) is 4.79 Å². The minimum atomic E-state index is -0.947. The van der Waals surface area contributed by atoms with Crippen LogP contribution in [0.5, 0.6) is 5.75 Å². The van der Waals surface area contributed by atoms with E-state index in [9.17, 15) is 14.0 Å². The number of para-hydroxylation sites is 1. The highest BCUT2D eigenvalue weighted by atomic mass is 19.1.